The van der Waals surface area contributed by atoms with Crippen LogP contribution in [-0.2, 0) is 9.59 Å². The van der Waals surface area contributed by atoms with E-state index in [1.54, 1.807) is 12.1 Å². The molecule has 21 heavy (non-hydrogen) atoms. The number of carboxylic acids is 1. The average molecular weight is 350 g/mol. The summed E-state index contributed by atoms with van der Waals surface area (Å²) in [6, 6.07) is 4.66. The number of halogens is 2. The molecule has 2 N–H and O–H groups in total. The predicted octanol–water partition coefficient (Wildman–Crippen LogP) is 2.45. The summed E-state index contributed by atoms with van der Waals surface area (Å²) in [5.41, 5.74) is -1.21. The highest BCUT2D eigenvalue weighted by Crippen LogP contribution is 2.29. The summed E-state index contributed by atoms with van der Waals surface area (Å²) >= 11 is 13.2. The summed E-state index contributed by atoms with van der Waals surface area (Å²) in [6.07, 6.45) is 0.399. The largest absolute Gasteiger partial charge is 0.482 e. The summed E-state index contributed by atoms with van der Waals surface area (Å²) in [6.45, 7) is -0.320. The number of carbonyl (C=O) groups is 2. The smallest absolute Gasteiger partial charge is 0.330 e. The second-order valence-electron chi connectivity index (χ2n) is 4.60. The molecule has 1 amide bonds. The predicted molar refractivity (Wildman–Crippen MR) is 82.4 cm³/mol. The molecule has 8 heteroatoms. The molecule has 1 heterocycles. The molecular weight excluding hydrogens is 337 g/mol. The van der Waals surface area contributed by atoms with Gasteiger partial charge in [-0.3, -0.25) is 4.79 Å². The molecule has 0 aromatic heterocycles. The number of aliphatic carboxylic acids is 1. The first-order valence-corrected chi connectivity index (χ1v) is 8.04. The fourth-order valence-corrected chi connectivity index (χ4v) is 3.58. The molecular formula is C13H13Cl2NO4S. The van der Waals surface area contributed by atoms with Crippen LogP contribution in [0.3, 0.4) is 0 Å². The maximum absolute atomic E-state index is 11.9. The van der Waals surface area contributed by atoms with Crippen LogP contribution in [-0.4, -0.2) is 40.6 Å². The highest BCUT2D eigenvalue weighted by Gasteiger charge is 2.43. The monoisotopic (exact) mass is 349 g/mol. The van der Waals surface area contributed by atoms with E-state index < -0.39 is 17.4 Å². The molecule has 1 aromatic carbocycles. The number of ether oxygens (including phenoxy) is 1. The van der Waals surface area contributed by atoms with E-state index in [2.05, 4.69) is 5.32 Å². The summed E-state index contributed by atoms with van der Waals surface area (Å²) in [7, 11) is 0. The Morgan fingerprint density at radius 3 is 2.81 bits per heavy atom. The first kappa shape index (κ1) is 16.3. The molecule has 114 valence electrons. The van der Waals surface area contributed by atoms with Gasteiger partial charge in [-0.2, -0.15) is 11.8 Å². The summed E-state index contributed by atoms with van der Waals surface area (Å²) in [5, 5.41) is 12.6. The zero-order valence-corrected chi connectivity index (χ0v) is 13.2. The maximum atomic E-state index is 11.9. The SMILES string of the molecule is O=C(COc1cc(Cl)ccc1Cl)NC1(C(=O)O)CCSC1. The molecule has 1 fully saturated rings. The van der Waals surface area contributed by atoms with Crippen molar-refractivity contribution in [2.45, 2.75) is 12.0 Å². The van der Waals surface area contributed by atoms with Crippen LogP contribution in [0.1, 0.15) is 6.42 Å². The molecule has 0 bridgehead atoms. The van der Waals surface area contributed by atoms with Gasteiger partial charge in [-0.05, 0) is 24.3 Å². The van der Waals surface area contributed by atoms with Crippen LogP contribution >= 0.6 is 35.0 Å². The standard InChI is InChI=1S/C13H13Cl2NO4S/c14-8-1-2-9(15)10(5-8)20-6-11(17)16-13(12(18)19)3-4-21-7-13/h1-2,5H,3-4,6-7H2,(H,16,17)(H,18,19). The molecule has 2 rings (SSSR count). The van der Waals surface area contributed by atoms with Crippen molar-refractivity contribution in [3.05, 3.63) is 28.2 Å². The maximum Gasteiger partial charge on any atom is 0.330 e. The Kier molecular flexibility index (Phi) is 5.24. The van der Waals surface area contributed by atoms with E-state index >= 15 is 0 Å². The van der Waals surface area contributed by atoms with Crippen LogP contribution in [0.4, 0.5) is 0 Å². The second-order valence-corrected chi connectivity index (χ2v) is 6.55. The van der Waals surface area contributed by atoms with Crippen LogP contribution in [0.2, 0.25) is 10.0 Å². The minimum atomic E-state index is -1.21. The van der Waals surface area contributed by atoms with E-state index in [1.807, 2.05) is 0 Å². The average Bonchev–Trinajstić information content (AvgIpc) is 2.89. The molecule has 1 aromatic rings. The van der Waals surface area contributed by atoms with Gasteiger partial charge in [-0.1, -0.05) is 23.2 Å². The number of hydrogen-bond acceptors (Lipinski definition) is 4. The summed E-state index contributed by atoms with van der Waals surface area (Å²) < 4.78 is 5.29. The number of nitrogens with one attached hydrogen (secondary N) is 1. The van der Waals surface area contributed by atoms with E-state index in [1.165, 1.54) is 17.8 Å². The van der Waals surface area contributed by atoms with Crippen molar-refractivity contribution >= 4 is 46.8 Å². The van der Waals surface area contributed by atoms with Crippen LogP contribution < -0.4 is 10.1 Å². The molecule has 0 radical (unpaired) electrons. The first-order chi connectivity index (χ1) is 9.93. The minimum absolute atomic E-state index is 0.282. The van der Waals surface area contributed by atoms with Crippen molar-refractivity contribution in [3.63, 3.8) is 0 Å². The van der Waals surface area contributed by atoms with Gasteiger partial charge in [0.25, 0.3) is 5.91 Å². The Hall–Kier alpha value is -1.11. The summed E-state index contributed by atoms with van der Waals surface area (Å²) in [5.74, 6) is -0.193. The summed E-state index contributed by atoms with van der Waals surface area (Å²) in [4.78, 5) is 23.2. The Labute approximate surface area is 135 Å². The highest BCUT2D eigenvalue weighted by atomic mass is 35.5. The zero-order valence-electron chi connectivity index (χ0n) is 10.9. The highest BCUT2D eigenvalue weighted by molar-refractivity contribution is 7.99. The molecule has 0 saturated carbocycles. The van der Waals surface area contributed by atoms with Gasteiger partial charge in [0.15, 0.2) is 6.61 Å². The number of amides is 1. The van der Waals surface area contributed by atoms with E-state index in [0.29, 0.717) is 28.0 Å². The molecule has 1 aliphatic rings. The van der Waals surface area contributed by atoms with Crippen molar-refractivity contribution in [1.29, 1.82) is 0 Å². The van der Waals surface area contributed by atoms with Crippen molar-refractivity contribution in [2.24, 2.45) is 0 Å². The number of rotatable bonds is 5. The van der Waals surface area contributed by atoms with Gasteiger partial charge in [0, 0.05) is 16.8 Å². The topological polar surface area (TPSA) is 75.6 Å². The lowest BCUT2D eigenvalue weighted by Crippen LogP contribution is -2.55. The molecule has 1 saturated heterocycles. The zero-order chi connectivity index (χ0) is 15.5. The van der Waals surface area contributed by atoms with Crippen molar-refractivity contribution in [2.75, 3.05) is 18.1 Å². The van der Waals surface area contributed by atoms with Crippen LogP contribution in [0, 0.1) is 0 Å². The molecule has 5 nitrogen and oxygen atoms in total. The number of hydrogen-bond donors (Lipinski definition) is 2. The fraction of sp³-hybridized carbons (Fsp3) is 0.385. The van der Waals surface area contributed by atoms with Crippen molar-refractivity contribution in [3.8, 4) is 5.75 Å². The lowest BCUT2D eigenvalue weighted by atomic mass is 9.99. The lowest BCUT2D eigenvalue weighted by Gasteiger charge is -2.24. The van der Waals surface area contributed by atoms with Crippen molar-refractivity contribution < 1.29 is 19.4 Å². The Morgan fingerprint density at radius 1 is 1.43 bits per heavy atom. The Bertz CT molecular complexity index is 561. The third kappa shape index (κ3) is 3.96. The van der Waals surface area contributed by atoms with E-state index in [0.717, 1.165) is 0 Å². The number of thioether (sulfide) groups is 1. The molecule has 1 aliphatic heterocycles. The quantitative estimate of drug-likeness (QED) is 0.853. The Balaban J connectivity index is 1.96. The first-order valence-electron chi connectivity index (χ1n) is 6.13. The molecule has 0 spiro atoms. The number of carbonyl (C=O) groups excluding carboxylic acids is 1. The van der Waals surface area contributed by atoms with E-state index in [4.69, 9.17) is 27.9 Å². The molecule has 0 aliphatic carbocycles. The number of benzene rings is 1. The van der Waals surface area contributed by atoms with Gasteiger partial charge in [0.1, 0.15) is 11.3 Å². The Morgan fingerprint density at radius 2 is 2.19 bits per heavy atom. The second kappa shape index (κ2) is 6.77. The molecule has 1 unspecified atom stereocenters. The van der Waals surface area contributed by atoms with Crippen LogP contribution in [0.15, 0.2) is 18.2 Å². The third-order valence-corrected chi connectivity index (χ3v) is 4.80. The van der Waals surface area contributed by atoms with Crippen LogP contribution in [0.25, 0.3) is 0 Å². The normalized spacial score (nSPS) is 21.0. The van der Waals surface area contributed by atoms with Gasteiger partial charge >= 0.3 is 5.97 Å². The van der Waals surface area contributed by atoms with Gasteiger partial charge in [-0.25, -0.2) is 4.79 Å². The minimum Gasteiger partial charge on any atom is -0.482 e. The van der Waals surface area contributed by atoms with Gasteiger partial charge in [0.2, 0.25) is 0 Å². The van der Waals surface area contributed by atoms with E-state index in [9.17, 15) is 14.7 Å². The van der Waals surface area contributed by atoms with Crippen LogP contribution in [0.5, 0.6) is 5.75 Å². The number of carboxylic acid groups (broad SMARTS) is 1. The lowest BCUT2D eigenvalue weighted by molar-refractivity contribution is -0.146. The molecule has 1 atom stereocenters. The van der Waals surface area contributed by atoms with E-state index in [-0.39, 0.29) is 12.4 Å². The van der Waals surface area contributed by atoms with Gasteiger partial charge in [-0.15, -0.1) is 0 Å². The van der Waals surface area contributed by atoms with Crippen molar-refractivity contribution in [1.82, 2.24) is 5.32 Å². The van der Waals surface area contributed by atoms with Gasteiger partial charge in [0.05, 0.1) is 5.02 Å². The third-order valence-electron chi connectivity index (χ3n) is 3.06. The fourth-order valence-electron chi connectivity index (χ4n) is 1.92. The van der Waals surface area contributed by atoms with Gasteiger partial charge < -0.3 is 15.2 Å².